The van der Waals surface area contributed by atoms with Gasteiger partial charge in [0.05, 0.1) is 0 Å². The molecule has 0 saturated carbocycles. The summed E-state index contributed by atoms with van der Waals surface area (Å²) in [7, 11) is 0. The molecule has 0 spiro atoms. The normalized spacial score (nSPS) is 13.6. The van der Waals surface area contributed by atoms with E-state index >= 15 is 0 Å². The van der Waals surface area contributed by atoms with Crippen molar-refractivity contribution in [2.45, 2.75) is 245 Å². The van der Waals surface area contributed by atoms with Gasteiger partial charge in [-0.2, -0.15) is 0 Å². The third-order valence-electron chi connectivity index (χ3n) is 10.3. The first-order valence-corrected chi connectivity index (χ1v) is 21.0. The molecule has 0 saturated heterocycles. The van der Waals surface area contributed by atoms with Gasteiger partial charge in [0.25, 0.3) is 0 Å². The van der Waals surface area contributed by atoms with Crippen LogP contribution in [0.3, 0.4) is 0 Å². The summed E-state index contributed by atoms with van der Waals surface area (Å²) in [5, 5.41) is 0. The van der Waals surface area contributed by atoms with E-state index in [1.807, 2.05) is 0 Å². The molecule has 0 N–H and O–H groups in total. The third-order valence-corrected chi connectivity index (χ3v) is 10.3. The molecular formula is C42H84N2. The van der Waals surface area contributed by atoms with Crippen molar-refractivity contribution in [1.82, 2.24) is 9.80 Å². The van der Waals surface area contributed by atoms with E-state index in [9.17, 15) is 0 Å². The summed E-state index contributed by atoms with van der Waals surface area (Å²) in [5.74, 6) is 0. The van der Waals surface area contributed by atoms with Crippen LogP contribution >= 0.6 is 0 Å². The Balaban J connectivity index is 2.22. The Kier molecular flexibility index (Phi) is 31.7. The standard InChI is InChI=1S/C42H84N2/c1-4-7-10-13-16-19-22-23-24-25-28-31-34-37-42-43(38-35-32-29-26-20-17-14-11-8-5-2)40-41-44(42)39-36-33-30-27-21-18-15-12-9-6-3/h40-42H,4-39H2,1-3H3. The van der Waals surface area contributed by atoms with Gasteiger partial charge in [-0.1, -0.05) is 213 Å². The van der Waals surface area contributed by atoms with E-state index in [2.05, 4.69) is 43.0 Å². The Morgan fingerprint density at radius 1 is 0.295 bits per heavy atom. The molecule has 0 radical (unpaired) electrons. The van der Waals surface area contributed by atoms with Gasteiger partial charge >= 0.3 is 0 Å². The van der Waals surface area contributed by atoms with Gasteiger partial charge < -0.3 is 9.80 Å². The first-order valence-electron chi connectivity index (χ1n) is 21.0. The third kappa shape index (κ3) is 25.5. The molecule has 0 aromatic heterocycles. The van der Waals surface area contributed by atoms with Gasteiger partial charge in [-0.15, -0.1) is 0 Å². The Bertz CT molecular complexity index is 538. The summed E-state index contributed by atoms with van der Waals surface area (Å²) >= 11 is 0. The molecular weight excluding hydrogens is 532 g/mol. The van der Waals surface area contributed by atoms with Crippen LogP contribution in [0.2, 0.25) is 0 Å². The summed E-state index contributed by atoms with van der Waals surface area (Å²) in [6.45, 7) is 9.48. The molecule has 0 aromatic carbocycles. The predicted molar refractivity (Wildman–Crippen MR) is 200 cm³/mol. The lowest BCUT2D eigenvalue weighted by atomic mass is 10.0. The minimum Gasteiger partial charge on any atom is -0.356 e. The first-order chi connectivity index (χ1) is 21.8. The lowest BCUT2D eigenvalue weighted by molar-refractivity contribution is 0.135. The zero-order valence-corrected chi connectivity index (χ0v) is 31.1. The van der Waals surface area contributed by atoms with Crippen molar-refractivity contribution in [3.63, 3.8) is 0 Å². The quantitative estimate of drug-likeness (QED) is 0.0646. The van der Waals surface area contributed by atoms with Crippen LogP contribution < -0.4 is 0 Å². The van der Waals surface area contributed by atoms with Gasteiger partial charge in [-0.3, -0.25) is 0 Å². The predicted octanol–water partition coefficient (Wildman–Crippen LogP) is 14.7. The Morgan fingerprint density at radius 3 is 0.795 bits per heavy atom. The topological polar surface area (TPSA) is 6.48 Å². The Hall–Kier alpha value is -0.660. The maximum atomic E-state index is 2.72. The molecule has 0 aliphatic carbocycles. The number of rotatable bonds is 36. The molecule has 262 valence electrons. The second kappa shape index (κ2) is 33.7. The van der Waals surface area contributed by atoms with Gasteiger partial charge in [-0.05, 0) is 25.7 Å². The van der Waals surface area contributed by atoms with Crippen molar-refractivity contribution in [3.05, 3.63) is 12.4 Å². The van der Waals surface area contributed by atoms with Crippen molar-refractivity contribution in [2.75, 3.05) is 13.1 Å². The Morgan fingerprint density at radius 2 is 0.523 bits per heavy atom. The minimum atomic E-state index is 0.639. The van der Waals surface area contributed by atoms with Crippen LogP contribution in [0.5, 0.6) is 0 Å². The van der Waals surface area contributed by atoms with Crippen LogP contribution in [-0.4, -0.2) is 29.1 Å². The highest BCUT2D eigenvalue weighted by Crippen LogP contribution is 2.24. The van der Waals surface area contributed by atoms with E-state index in [-0.39, 0.29) is 0 Å². The summed E-state index contributed by atoms with van der Waals surface area (Å²) in [6.07, 6.45) is 54.4. The maximum absolute atomic E-state index is 2.72. The molecule has 0 unspecified atom stereocenters. The highest BCUT2D eigenvalue weighted by molar-refractivity contribution is 4.97. The molecule has 0 aromatic rings. The molecule has 0 atom stereocenters. The van der Waals surface area contributed by atoms with Gasteiger partial charge in [0.15, 0.2) is 0 Å². The molecule has 44 heavy (non-hydrogen) atoms. The highest BCUT2D eigenvalue weighted by atomic mass is 15.4. The van der Waals surface area contributed by atoms with Crippen LogP contribution in [0, 0.1) is 0 Å². The van der Waals surface area contributed by atoms with E-state index in [1.165, 1.54) is 231 Å². The van der Waals surface area contributed by atoms with Crippen molar-refractivity contribution in [3.8, 4) is 0 Å². The van der Waals surface area contributed by atoms with Crippen molar-refractivity contribution < 1.29 is 0 Å². The molecule has 0 bridgehead atoms. The van der Waals surface area contributed by atoms with Gasteiger partial charge in [-0.25, -0.2) is 0 Å². The second-order valence-electron chi connectivity index (χ2n) is 14.6. The SMILES string of the molecule is CCCCCCCCCCCCCCCC1N(CCCCCCCCCCCC)C=CN1CCCCCCCCCCCC. The molecule has 0 fully saturated rings. The van der Waals surface area contributed by atoms with Crippen molar-refractivity contribution in [2.24, 2.45) is 0 Å². The van der Waals surface area contributed by atoms with Crippen LogP contribution in [0.25, 0.3) is 0 Å². The molecule has 0 amide bonds. The summed E-state index contributed by atoms with van der Waals surface area (Å²) in [4.78, 5) is 5.45. The van der Waals surface area contributed by atoms with E-state index in [0.717, 1.165) is 0 Å². The van der Waals surface area contributed by atoms with E-state index in [0.29, 0.717) is 6.17 Å². The number of hydrogen-bond donors (Lipinski definition) is 0. The highest BCUT2D eigenvalue weighted by Gasteiger charge is 2.24. The molecule has 1 aliphatic rings. The van der Waals surface area contributed by atoms with E-state index < -0.39 is 0 Å². The van der Waals surface area contributed by atoms with Crippen molar-refractivity contribution in [1.29, 1.82) is 0 Å². The van der Waals surface area contributed by atoms with Crippen LogP contribution in [0.15, 0.2) is 12.4 Å². The minimum absolute atomic E-state index is 0.639. The van der Waals surface area contributed by atoms with Crippen LogP contribution in [0.4, 0.5) is 0 Å². The molecule has 1 heterocycles. The molecule has 2 heteroatoms. The van der Waals surface area contributed by atoms with E-state index in [1.54, 1.807) is 0 Å². The molecule has 2 nitrogen and oxygen atoms in total. The lowest BCUT2D eigenvalue weighted by Gasteiger charge is -2.33. The van der Waals surface area contributed by atoms with Crippen molar-refractivity contribution >= 4 is 0 Å². The van der Waals surface area contributed by atoms with Crippen LogP contribution in [0.1, 0.15) is 239 Å². The average Bonchev–Trinajstić information content (AvgIpc) is 3.42. The smallest absolute Gasteiger partial charge is 0.101 e. The first kappa shape index (κ1) is 41.4. The molecule has 1 rings (SSSR count). The fourth-order valence-electron chi connectivity index (χ4n) is 7.25. The van der Waals surface area contributed by atoms with E-state index in [4.69, 9.17) is 0 Å². The zero-order valence-electron chi connectivity index (χ0n) is 31.1. The lowest BCUT2D eigenvalue weighted by Crippen LogP contribution is -2.39. The Labute approximate surface area is 280 Å². The number of nitrogens with zero attached hydrogens (tertiary/aromatic N) is 2. The fraction of sp³-hybridized carbons (Fsp3) is 0.952. The monoisotopic (exact) mass is 617 g/mol. The second-order valence-corrected chi connectivity index (χ2v) is 14.6. The van der Waals surface area contributed by atoms with Gasteiger partial charge in [0.1, 0.15) is 6.17 Å². The molecule has 1 aliphatic heterocycles. The number of unbranched alkanes of at least 4 members (excludes halogenated alkanes) is 30. The maximum Gasteiger partial charge on any atom is 0.101 e. The fourth-order valence-corrected chi connectivity index (χ4v) is 7.25. The van der Waals surface area contributed by atoms with Gasteiger partial charge in [0, 0.05) is 25.5 Å². The summed E-state index contributed by atoms with van der Waals surface area (Å²) in [5.41, 5.74) is 0. The van der Waals surface area contributed by atoms with Crippen LogP contribution in [-0.2, 0) is 0 Å². The number of hydrogen-bond acceptors (Lipinski definition) is 2. The zero-order chi connectivity index (χ0) is 31.6. The largest absolute Gasteiger partial charge is 0.356 e. The average molecular weight is 617 g/mol. The van der Waals surface area contributed by atoms with Gasteiger partial charge in [0.2, 0.25) is 0 Å². The summed E-state index contributed by atoms with van der Waals surface area (Å²) in [6, 6.07) is 0. The summed E-state index contributed by atoms with van der Waals surface area (Å²) < 4.78 is 0.